The van der Waals surface area contributed by atoms with Crippen LogP contribution in [0.25, 0.3) is 0 Å². The Bertz CT molecular complexity index is 405. The van der Waals surface area contributed by atoms with Gasteiger partial charge in [-0.3, -0.25) is 0 Å². The van der Waals surface area contributed by atoms with Crippen molar-refractivity contribution in [3.63, 3.8) is 0 Å². The van der Waals surface area contributed by atoms with Crippen molar-refractivity contribution in [3.05, 3.63) is 28.8 Å². The molecule has 0 spiro atoms. The summed E-state index contributed by atoms with van der Waals surface area (Å²) in [5.74, 6) is 0.742. The molecule has 1 aromatic rings. The van der Waals surface area contributed by atoms with E-state index in [1.165, 1.54) is 0 Å². The molecule has 2 N–H and O–H groups in total. The Morgan fingerprint density at radius 1 is 1.53 bits per heavy atom. The van der Waals surface area contributed by atoms with Crippen LogP contribution in [0.2, 0.25) is 5.02 Å². The summed E-state index contributed by atoms with van der Waals surface area (Å²) in [5.41, 5.74) is 7.11. The largest absolute Gasteiger partial charge is 0.486 e. The van der Waals surface area contributed by atoms with Gasteiger partial charge < -0.3 is 15.2 Å². The average Bonchev–Trinajstić information content (AvgIpc) is 2.43. The molecular weight excluding hydrogens is 262 g/mol. The molecule has 19 heavy (non-hydrogen) atoms. The lowest BCUT2D eigenvalue weighted by Gasteiger charge is -2.24. The molecule has 2 rings (SSSR count). The third-order valence-corrected chi connectivity index (χ3v) is 3.73. The highest BCUT2D eigenvalue weighted by Crippen LogP contribution is 2.28. The standard InChI is InChI=1S/C15H22ClNO2/c1-2-12(17)8-11-5-6-15(14(16)9-11)19-13-4-3-7-18-10-13/h5-6,9,12-13H,2-4,7-8,10,17H2,1H3. The molecule has 1 heterocycles. The van der Waals surface area contributed by atoms with Crippen molar-refractivity contribution in [1.82, 2.24) is 0 Å². The van der Waals surface area contributed by atoms with Crippen molar-refractivity contribution in [2.75, 3.05) is 13.2 Å². The van der Waals surface area contributed by atoms with Gasteiger partial charge in [0.25, 0.3) is 0 Å². The summed E-state index contributed by atoms with van der Waals surface area (Å²) < 4.78 is 11.3. The van der Waals surface area contributed by atoms with Crippen LogP contribution < -0.4 is 10.5 Å². The molecule has 0 aromatic heterocycles. The second-order valence-corrected chi connectivity index (χ2v) is 5.50. The zero-order valence-corrected chi connectivity index (χ0v) is 12.2. The first kappa shape index (κ1) is 14.6. The van der Waals surface area contributed by atoms with Gasteiger partial charge in [0.2, 0.25) is 0 Å². The Morgan fingerprint density at radius 2 is 2.37 bits per heavy atom. The van der Waals surface area contributed by atoms with E-state index in [9.17, 15) is 0 Å². The van der Waals surface area contributed by atoms with Crippen LogP contribution >= 0.6 is 11.6 Å². The third-order valence-electron chi connectivity index (χ3n) is 3.43. The first-order chi connectivity index (χ1) is 9.19. The Morgan fingerprint density at radius 3 is 3.00 bits per heavy atom. The van der Waals surface area contributed by atoms with E-state index in [1.807, 2.05) is 18.2 Å². The summed E-state index contributed by atoms with van der Waals surface area (Å²) in [6.07, 6.45) is 4.01. The van der Waals surface area contributed by atoms with Crippen LogP contribution in [0, 0.1) is 0 Å². The first-order valence-corrected chi connectivity index (χ1v) is 7.35. The highest BCUT2D eigenvalue weighted by atomic mass is 35.5. The molecule has 106 valence electrons. The predicted molar refractivity (Wildman–Crippen MR) is 77.9 cm³/mol. The number of rotatable bonds is 5. The summed E-state index contributed by atoms with van der Waals surface area (Å²) in [4.78, 5) is 0. The second kappa shape index (κ2) is 7.13. The molecular formula is C15H22ClNO2. The van der Waals surface area contributed by atoms with Crippen molar-refractivity contribution in [2.24, 2.45) is 5.73 Å². The Balaban J connectivity index is 1.98. The lowest BCUT2D eigenvalue weighted by Crippen LogP contribution is -2.28. The summed E-state index contributed by atoms with van der Waals surface area (Å²) in [6, 6.07) is 6.13. The van der Waals surface area contributed by atoms with Crippen molar-refractivity contribution in [2.45, 2.75) is 44.8 Å². The maximum absolute atomic E-state index is 6.27. The van der Waals surface area contributed by atoms with E-state index in [1.54, 1.807) is 0 Å². The number of hydrogen-bond acceptors (Lipinski definition) is 3. The van der Waals surface area contributed by atoms with Gasteiger partial charge in [-0.15, -0.1) is 0 Å². The van der Waals surface area contributed by atoms with Crippen LogP contribution in [0.3, 0.4) is 0 Å². The monoisotopic (exact) mass is 283 g/mol. The lowest BCUT2D eigenvalue weighted by molar-refractivity contribution is 0.00747. The molecule has 0 saturated carbocycles. The topological polar surface area (TPSA) is 44.5 Å². The molecule has 0 aliphatic carbocycles. The molecule has 1 saturated heterocycles. The molecule has 0 bridgehead atoms. The molecule has 1 aromatic carbocycles. The van der Waals surface area contributed by atoms with Gasteiger partial charge in [-0.1, -0.05) is 24.6 Å². The fourth-order valence-electron chi connectivity index (χ4n) is 2.20. The van der Waals surface area contributed by atoms with E-state index in [0.29, 0.717) is 11.6 Å². The van der Waals surface area contributed by atoms with Crippen LogP contribution in [0.15, 0.2) is 18.2 Å². The van der Waals surface area contributed by atoms with Crippen LogP contribution in [0.4, 0.5) is 0 Å². The minimum Gasteiger partial charge on any atom is -0.486 e. The van der Waals surface area contributed by atoms with Crippen molar-refractivity contribution in [3.8, 4) is 5.75 Å². The van der Waals surface area contributed by atoms with E-state index < -0.39 is 0 Å². The zero-order chi connectivity index (χ0) is 13.7. The first-order valence-electron chi connectivity index (χ1n) is 6.97. The van der Waals surface area contributed by atoms with Crippen LogP contribution in [-0.4, -0.2) is 25.4 Å². The number of ether oxygens (including phenoxy) is 2. The van der Waals surface area contributed by atoms with Gasteiger partial charge in [0.05, 0.1) is 11.6 Å². The molecule has 0 amide bonds. The van der Waals surface area contributed by atoms with E-state index in [4.69, 9.17) is 26.8 Å². The normalized spacial score (nSPS) is 21.1. The number of halogens is 1. The Labute approximate surface area is 120 Å². The second-order valence-electron chi connectivity index (χ2n) is 5.09. The molecule has 0 radical (unpaired) electrons. The van der Waals surface area contributed by atoms with Gasteiger partial charge in [0, 0.05) is 12.6 Å². The smallest absolute Gasteiger partial charge is 0.138 e. The van der Waals surface area contributed by atoms with E-state index in [2.05, 4.69) is 6.92 Å². The lowest BCUT2D eigenvalue weighted by atomic mass is 10.0. The summed E-state index contributed by atoms with van der Waals surface area (Å²) in [5, 5.41) is 0.659. The van der Waals surface area contributed by atoms with Crippen LogP contribution in [0.5, 0.6) is 5.75 Å². The van der Waals surface area contributed by atoms with Crippen molar-refractivity contribution >= 4 is 11.6 Å². The summed E-state index contributed by atoms with van der Waals surface area (Å²) in [7, 11) is 0. The molecule has 1 aliphatic rings. The summed E-state index contributed by atoms with van der Waals surface area (Å²) in [6.45, 7) is 3.58. The SMILES string of the molecule is CCC(N)Cc1ccc(OC2CCCOC2)c(Cl)c1. The molecule has 1 fully saturated rings. The van der Waals surface area contributed by atoms with Gasteiger partial charge in [0.15, 0.2) is 0 Å². The van der Waals surface area contributed by atoms with Gasteiger partial charge in [-0.25, -0.2) is 0 Å². The maximum Gasteiger partial charge on any atom is 0.138 e. The zero-order valence-electron chi connectivity index (χ0n) is 11.4. The highest BCUT2D eigenvalue weighted by molar-refractivity contribution is 6.32. The number of benzene rings is 1. The van der Waals surface area contributed by atoms with Gasteiger partial charge in [-0.05, 0) is 43.4 Å². The molecule has 4 heteroatoms. The molecule has 1 aliphatic heterocycles. The minimum atomic E-state index is 0.120. The average molecular weight is 284 g/mol. The molecule has 2 unspecified atom stereocenters. The van der Waals surface area contributed by atoms with Crippen molar-refractivity contribution in [1.29, 1.82) is 0 Å². The van der Waals surface area contributed by atoms with E-state index in [-0.39, 0.29) is 12.1 Å². The predicted octanol–water partition coefficient (Wildman–Crippen LogP) is 3.18. The third kappa shape index (κ3) is 4.37. The number of nitrogens with two attached hydrogens (primary N) is 1. The fourth-order valence-corrected chi connectivity index (χ4v) is 2.45. The fraction of sp³-hybridized carbons (Fsp3) is 0.600. The molecule has 2 atom stereocenters. The van der Waals surface area contributed by atoms with E-state index in [0.717, 1.165) is 43.6 Å². The highest BCUT2D eigenvalue weighted by Gasteiger charge is 2.17. The maximum atomic E-state index is 6.27. The minimum absolute atomic E-state index is 0.120. The Kier molecular flexibility index (Phi) is 5.49. The number of hydrogen-bond donors (Lipinski definition) is 1. The van der Waals surface area contributed by atoms with E-state index >= 15 is 0 Å². The summed E-state index contributed by atoms with van der Waals surface area (Å²) >= 11 is 6.27. The van der Waals surface area contributed by atoms with Gasteiger partial charge in [0.1, 0.15) is 11.9 Å². The quantitative estimate of drug-likeness (QED) is 0.903. The molecule has 3 nitrogen and oxygen atoms in total. The van der Waals surface area contributed by atoms with Gasteiger partial charge in [-0.2, -0.15) is 0 Å². The van der Waals surface area contributed by atoms with Crippen LogP contribution in [0.1, 0.15) is 31.7 Å². The Hall–Kier alpha value is -0.770. The van der Waals surface area contributed by atoms with Crippen molar-refractivity contribution < 1.29 is 9.47 Å². The van der Waals surface area contributed by atoms with Crippen LogP contribution in [-0.2, 0) is 11.2 Å². The van der Waals surface area contributed by atoms with Gasteiger partial charge >= 0.3 is 0 Å².